The Morgan fingerprint density at radius 2 is 2.00 bits per heavy atom. The smallest absolute Gasteiger partial charge is 0.275 e. The van der Waals surface area contributed by atoms with Crippen LogP contribution in [0.1, 0.15) is 19.8 Å². The lowest BCUT2D eigenvalue weighted by Crippen LogP contribution is -2.31. The van der Waals surface area contributed by atoms with Gasteiger partial charge in [0.15, 0.2) is 0 Å². The second kappa shape index (κ2) is 3.38. The molecule has 0 saturated heterocycles. The molecule has 0 fully saturated rings. The van der Waals surface area contributed by atoms with Crippen molar-refractivity contribution in [2.75, 3.05) is 6.61 Å². The Hall–Kier alpha value is -1.32. The molecule has 1 aromatic carbocycles. The first-order valence-corrected chi connectivity index (χ1v) is 3.83. The monoisotopic (exact) mass is 170 g/mol. The van der Waals surface area contributed by atoms with Crippen LogP contribution in [0.3, 0.4) is 0 Å². The van der Waals surface area contributed by atoms with Gasteiger partial charge < -0.3 is 9.84 Å². The summed E-state index contributed by atoms with van der Waals surface area (Å²) in [7, 11) is 0. The molecule has 0 atom stereocenters. The van der Waals surface area contributed by atoms with Crippen molar-refractivity contribution in [1.29, 1.82) is 0 Å². The Labute approximate surface area is 69.1 Å². The lowest BCUT2D eigenvalue weighted by atomic mass is 10.2. The second-order valence-electron chi connectivity index (χ2n) is 2.54. The van der Waals surface area contributed by atoms with Crippen molar-refractivity contribution in [3.8, 4) is 11.5 Å². The first kappa shape index (κ1) is 8.77. The molecule has 0 aromatic heterocycles. The summed E-state index contributed by atoms with van der Waals surface area (Å²) in [5, 5.41) is 8.83. The third-order valence-corrected chi connectivity index (χ3v) is 1.59. The van der Waals surface area contributed by atoms with Crippen molar-refractivity contribution in [3.05, 3.63) is 20.4 Å². The molecular weight excluding hydrogens is 160 g/mol. The summed E-state index contributed by atoms with van der Waals surface area (Å²) in [6, 6.07) is 0. The first-order chi connectivity index (χ1) is 5.68. The molecule has 0 aliphatic rings. The van der Waals surface area contributed by atoms with E-state index in [1.807, 2.05) is 6.92 Å². The molecule has 0 unspecified atom stereocenters. The minimum Gasteiger partial charge on any atom is -0.501 e. The molecule has 4 heteroatoms. The molecule has 1 N–H and O–H groups in total. The van der Waals surface area contributed by atoms with Crippen LogP contribution >= 0.6 is 0 Å². The SMILES string of the molecule is CCCCOc1c(O)c(=O)c1=O. The van der Waals surface area contributed by atoms with Gasteiger partial charge in [0.25, 0.3) is 10.9 Å². The normalized spacial score (nSPS) is 10.4. The average Bonchev–Trinajstić information content (AvgIpc) is 2.11. The molecule has 4 nitrogen and oxygen atoms in total. The predicted octanol–water partition coefficient (Wildman–Crippen LogP) is 0.167. The van der Waals surface area contributed by atoms with E-state index < -0.39 is 16.6 Å². The Kier molecular flexibility index (Phi) is 2.47. The van der Waals surface area contributed by atoms with Crippen LogP contribution in [0.2, 0.25) is 0 Å². The molecule has 0 spiro atoms. The maximum atomic E-state index is 10.7. The van der Waals surface area contributed by atoms with E-state index in [1.54, 1.807) is 0 Å². The Morgan fingerprint density at radius 3 is 2.50 bits per heavy atom. The van der Waals surface area contributed by atoms with Crippen LogP contribution in [0.15, 0.2) is 9.59 Å². The molecule has 66 valence electrons. The van der Waals surface area contributed by atoms with Crippen molar-refractivity contribution in [3.63, 3.8) is 0 Å². The summed E-state index contributed by atoms with van der Waals surface area (Å²) >= 11 is 0. The standard InChI is InChI=1S/C8H10O4/c1-2-3-4-12-8-6(10)5(9)7(8)11/h10H,2-4H2,1H3. The van der Waals surface area contributed by atoms with Gasteiger partial charge in [0, 0.05) is 0 Å². The molecule has 1 aromatic rings. The van der Waals surface area contributed by atoms with Gasteiger partial charge in [0.05, 0.1) is 6.61 Å². The fraction of sp³-hybridized carbons (Fsp3) is 0.500. The zero-order valence-electron chi connectivity index (χ0n) is 6.79. The van der Waals surface area contributed by atoms with Crippen LogP contribution < -0.4 is 15.6 Å². The summed E-state index contributed by atoms with van der Waals surface area (Å²) in [4.78, 5) is 21.1. The van der Waals surface area contributed by atoms with Crippen molar-refractivity contribution in [2.24, 2.45) is 0 Å². The number of ether oxygens (including phenoxy) is 1. The van der Waals surface area contributed by atoms with E-state index in [0.717, 1.165) is 12.8 Å². The minimum absolute atomic E-state index is 0.173. The van der Waals surface area contributed by atoms with Gasteiger partial charge in [-0.3, -0.25) is 9.59 Å². The third-order valence-electron chi connectivity index (χ3n) is 1.59. The predicted molar refractivity (Wildman–Crippen MR) is 43.4 cm³/mol. The largest absolute Gasteiger partial charge is 0.501 e. The Morgan fingerprint density at radius 1 is 1.33 bits per heavy atom. The molecule has 0 radical (unpaired) electrons. The topological polar surface area (TPSA) is 63.6 Å². The van der Waals surface area contributed by atoms with Crippen LogP contribution in [0.25, 0.3) is 0 Å². The van der Waals surface area contributed by atoms with E-state index >= 15 is 0 Å². The molecule has 0 aliphatic heterocycles. The summed E-state index contributed by atoms with van der Waals surface area (Å²) in [5.41, 5.74) is -1.56. The van der Waals surface area contributed by atoms with E-state index in [2.05, 4.69) is 0 Å². The summed E-state index contributed by atoms with van der Waals surface area (Å²) in [6.45, 7) is 2.35. The van der Waals surface area contributed by atoms with Crippen LogP contribution in [0.5, 0.6) is 11.5 Å². The minimum atomic E-state index is -0.846. The Bertz CT molecular complexity index is 333. The fourth-order valence-corrected chi connectivity index (χ4v) is 0.811. The number of aromatic hydroxyl groups is 1. The molecule has 0 bridgehead atoms. The van der Waals surface area contributed by atoms with E-state index in [-0.39, 0.29) is 5.75 Å². The number of hydrogen-bond donors (Lipinski definition) is 1. The first-order valence-electron chi connectivity index (χ1n) is 3.83. The highest BCUT2D eigenvalue weighted by molar-refractivity contribution is 5.44. The number of rotatable bonds is 4. The highest BCUT2D eigenvalue weighted by Crippen LogP contribution is 2.17. The third kappa shape index (κ3) is 1.32. The lowest BCUT2D eigenvalue weighted by Gasteiger charge is -2.06. The van der Waals surface area contributed by atoms with Crippen LogP contribution in [-0.4, -0.2) is 11.7 Å². The van der Waals surface area contributed by atoms with E-state index in [1.165, 1.54) is 0 Å². The van der Waals surface area contributed by atoms with Crippen LogP contribution in [-0.2, 0) is 0 Å². The van der Waals surface area contributed by atoms with Crippen molar-refractivity contribution >= 4 is 0 Å². The fourth-order valence-electron chi connectivity index (χ4n) is 0.811. The number of unbranched alkanes of at least 4 members (excludes halogenated alkanes) is 1. The van der Waals surface area contributed by atoms with Gasteiger partial charge in [-0.05, 0) is 6.42 Å². The molecular formula is C8H10O4. The molecule has 0 saturated carbocycles. The van der Waals surface area contributed by atoms with Crippen LogP contribution in [0.4, 0.5) is 0 Å². The summed E-state index contributed by atoms with van der Waals surface area (Å²) < 4.78 is 4.87. The molecule has 1 rings (SSSR count). The van der Waals surface area contributed by atoms with Crippen molar-refractivity contribution in [2.45, 2.75) is 19.8 Å². The van der Waals surface area contributed by atoms with Crippen LogP contribution in [0, 0.1) is 0 Å². The highest BCUT2D eigenvalue weighted by atomic mass is 16.5. The van der Waals surface area contributed by atoms with Gasteiger partial charge in [-0.25, -0.2) is 0 Å². The molecule has 0 amide bonds. The van der Waals surface area contributed by atoms with Crippen molar-refractivity contribution < 1.29 is 9.84 Å². The van der Waals surface area contributed by atoms with Gasteiger partial charge in [-0.2, -0.15) is 0 Å². The maximum Gasteiger partial charge on any atom is 0.275 e. The Balaban J connectivity index is 2.55. The molecule has 12 heavy (non-hydrogen) atoms. The average molecular weight is 170 g/mol. The highest BCUT2D eigenvalue weighted by Gasteiger charge is 2.21. The second-order valence-corrected chi connectivity index (χ2v) is 2.54. The van der Waals surface area contributed by atoms with Gasteiger partial charge in [0.1, 0.15) is 0 Å². The quantitative estimate of drug-likeness (QED) is 0.516. The van der Waals surface area contributed by atoms with Gasteiger partial charge >= 0.3 is 0 Å². The zero-order valence-corrected chi connectivity index (χ0v) is 6.79. The van der Waals surface area contributed by atoms with Crippen molar-refractivity contribution in [1.82, 2.24) is 0 Å². The number of hydrogen-bond acceptors (Lipinski definition) is 4. The van der Waals surface area contributed by atoms with Gasteiger partial charge in [-0.15, -0.1) is 0 Å². The molecule has 0 aliphatic carbocycles. The van der Waals surface area contributed by atoms with Gasteiger partial charge in [0.2, 0.25) is 11.5 Å². The zero-order chi connectivity index (χ0) is 9.14. The molecule has 0 heterocycles. The lowest BCUT2D eigenvalue weighted by molar-refractivity contribution is 0.282. The maximum absolute atomic E-state index is 10.7. The van der Waals surface area contributed by atoms with E-state index in [4.69, 9.17) is 9.84 Å². The van der Waals surface area contributed by atoms with Gasteiger partial charge in [-0.1, -0.05) is 13.3 Å². The summed E-state index contributed by atoms with van der Waals surface area (Å²) in [5.74, 6) is -0.704. The van der Waals surface area contributed by atoms with E-state index in [9.17, 15) is 9.59 Å². The summed E-state index contributed by atoms with van der Waals surface area (Å²) in [6.07, 6.45) is 1.74. The van der Waals surface area contributed by atoms with E-state index in [0.29, 0.717) is 6.61 Å².